The summed E-state index contributed by atoms with van der Waals surface area (Å²) < 4.78 is 0. The van der Waals surface area contributed by atoms with Crippen molar-refractivity contribution in [1.82, 2.24) is 0 Å². The summed E-state index contributed by atoms with van der Waals surface area (Å²) in [5, 5.41) is 0. The Morgan fingerprint density at radius 1 is 1.33 bits per heavy atom. The molecule has 0 unspecified atom stereocenters. The fraction of sp³-hybridized carbons (Fsp3) is 1.00. The highest BCUT2D eigenvalue weighted by atomic mass is 14.8. The van der Waals surface area contributed by atoms with E-state index in [0.29, 0.717) is 11.5 Å². The van der Waals surface area contributed by atoms with Crippen molar-refractivity contribution in [3.8, 4) is 0 Å². The SMILES string of the molecule is CC[C@H]1C[C@H]2C[C@@H]([C@@H]1N)C2(C)C. The third-order valence-electron chi connectivity index (χ3n) is 4.67. The lowest BCUT2D eigenvalue weighted by molar-refractivity contribution is -0.105. The molecule has 0 saturated heterocycles. The molecule has 3 fully saturated rings. The molecule has 3 aliphatic carbocycles. The Kier molecular flexibility index (Phi) is 1.76. The standard InChI is InChI=1S/C11H21N/c1-4-7-5-8-6-9(10(7)12)11(8,2)3/h7-10H,4-6,12H2,1-3H3/t7-,8-,9-,10+/m0/s1. The molecule has 2 bridgehead atoms. The van der Waals surface area contributed by atoms with E-state index in [-0.39, 0.29) is 0 Å². The first-order valence-electron chi connectivity index (χ1n) is 5.33. The highest BCUT2D eigenvalue weighted by molar-refractivity contribution is 5.07. The summed E-state index contributed by atoms with van der Waals surface area (Å²) >= 11 is 0. The number of hydrogen-bond acceptors (Lipinski definition) is 1. The average molecular weight is 167 g/mol. The lowest BCUT2D eigenvalue weighted by atomic mass is 9.45. The largest absolute Gasteiger partial charge is 0.327 e. The molecule has 4 atom stereocenters. The molecule has 3 aliphatic rings. The van der Waals surface area contributed by atoms with E-state index in [2.05, 4.69) is 20.8 Å². The van der Waals surface area contributed by atoms with E-state index in [1.165, 1.54) is 19.3 Å². The second-order valence-corrected chi connectivity index (χ2v) is 5.34. The van der Waals surface area contributed by atoms with Gasteiger partial charge in [0.2, 0.25) is 0 Å². The Hall–Kier alpha value is -0.0400. The van der Waals surface area contributed by atoms with Gasteiger partial charge in [-0.05, 0) is 36.0 Å². The minimum Gasteiger partial charge on any atom is -0.327 e. The second-order valence-electron chi connectivity index (χ2n) is 5.34. The minimum atomic E-state index is 0.495. The Labute approximate surface area is 75.7 Å². The molecule has 0 amide bonds. The van der Waals surface area contributed by atoms with Crippen LogP contribution in [0.5, 0.6) is 0 Å². The van der Waals surface area contributed by atoms with E-state index >= 15 is 0 Å². The molecule has 0 aliphatic heterocycles. The van der Waals surface area contributed by atoms with Crippen molar-refractivity contribution in [3.63, 3.8) is 0 Å². The van der Waals surface area contributed by atoms with Gasteiger partial charge >= 0.3 is 0 Å². The van der Waals surface area contributed by atoms with Gasteiger partial charge in [0.25, 0.3) is 0 Å². The predicted octanol–water partition coefficient (Wildman–Crippen LogP) is 2.41. The molecular formula is C11H21N. The van der Waals surface area contributed by atoms with Crippen LogP contribution in [0.15, 0.2) is 0 Å². The zero-order valence-corrected chi connectivity index (χ0v) is 8.51. The summed E-state index contributed by atoms with van der Waals surface area (Å²) in [7, 11) is 0. The third-order valence-corrected chi connectivity index (χ3v) is 4.67. The molecular weight excluding hydrogens is 146 g/mol. The molecule has 0 radical (unpaired) electrons. The van der Waals surface area contributed by atoms with Crippen molar-refractivity contribution in [2.75, 3.05) is 0 Å². The van der Waals surface area contributed by atoms with Gasteiger partial charge in [0.1, 0.15) is 0 Å². The van der Waals surface area contributed by atoms with Crippen LogP contribution in [0.2, 0.25) is 0 Å². The van der Waals surface area contributed by atoms with Crippen LogP contribution in [0, 0.1) is 23.2 Å². The van der Waals surface area contributed by atoms with Gasteiger partial charge in [0.15, 0.2) is 0 Å². The van der Waals surface area contributed by atoms with Crippen LogP contribution in [0.3, 0.4) is 0 Å². The smallest absolute Gasteiger partial charge is 0.0101 e. The normalized spacial score (nSPS) is 50.0. The van der Waals surface area contributed by atoms with Gasteiger partial charge in [-0.25, -0.2) is 0 Å². The van der Waals surface area contributed by atoms with Gasteiger partial charge < -0.3 is 5.73 Å². The summed E-state index contributed by atoms with van der Waals surface area (Å²) in [6, 6.07) is 0.495. The maximum Gasteiger partial charge on any atom is 0.0101 e. The Morgan fingerprint density at radius 2 is 2.00 bits per heavy atom. The van der Waals surface area contributed by atoms with Crippen LogP contribution in [-0.2, 0) is 0 Å². The van der Waals surface area contributed by atoms with Crippen LogP contribution in [0.4, 0.5) is 0 Å². The molecule has 1 heteroatoms. The maximum absolute atomic E-state index is 6.25. The Morgan fingerprint density at radius 3 is 2.42 bits per heavy atom. The quantitative estimate of drug-likeness (QED) is 0.637. The van der Waals surface area contributed by atoms with Crippen LogP contribution < -0.4 is 5.73 Å². The molecule has 12 heavy (non-hydrogen) atoms. The molecule has 0 aromatic rings. The fourth-order valence-corrected chi connectivity index (χ4v) is 3.40. The maximum atomic E-state index is 6.25. The lowest BCUT2D eigenvalue weighted by Crippen LogP contribution is -2.61. The monoisotopic (exact) mass is 167 g/mol. The summed E-state index contributed by atoms with van der Waals surface area (Å²) in [5.41, 5.74) is 6.81. The summed E-state index contributed by atoms with van der Waals surface area (Å²) in [5.74, 6) is 2.62. The molecule has 1 nitrogen and oxygen atoms in total. The van der Waals surface area contributed by atoms with Crippen molar-refractivity contribution in [2.24, 2.45) is 28.9 Å². The van der Waals surface area contributed by atoms with E-state index < -0.39 is 0 Å². The lowest BCUT2D eigenvalue weighted by Gasteiger charge is -2.61. The van der Waals surface area contributed by atoms with Gasteiger partial charge in [0.05, 0.1) is 0 Å². The van der Waals surface area contributed by atoms with E-state index in [9.17, 15) is 0 Å². The zero-order chi connectivity index (χ0) is 8.93. The van der Waals surface area contributed by atoms with Crippen molar-refractivity contribution in [1.29, 1.82) is 0 Å². The van der Waals surface area contributed by atoms with Crippen LogP contribution >= 0.6 is 0 Å². The minimum absolute atomic E-state index is 0.495. The van der Waals surface area contributed by atoms with Crippen molar-refractivity contribution < 1.29 is 0 Å². The van der Waals surface area contributed by atoms with Crippen molar-refractivity contribution in [2.45, 2.75) is 46.1 Å². The van der Waals surface area contributed by atoms with E-state index in [4.69, 9.17) is 5.73 Å². The molecule has 0 heterocycles. The first-order valence-corrected chi connectivity index (χ1v) is 5.33. The molecule has 70 valence electrons. The number of rotatable bonds is 1. The molecule has 0 aromatic heterocycles. The Bertz CT molecular complexity index is 185. The highest BCUT2D eigenvalue weighted by Crippen LogP contribution is 2.60. The topological polar surface area (TPSA) is 26.0 Å². The van der Waals surface area contributed by atoms with E-state index in [1.807, 2.05) is 0 Å². The molecule has 0 aromatic carbocycles. The summed E-state index contributed by atoms with van der Waals surface area (Å²) in [6.45, 7) is 7.08. The van der Waals surface area contributed by atoms with Gasteiger partial charge in [-0.15, -0.1) is 0 Å². The first-order chi connectivity index (χ1) is 5.57. The zero-order valence-electron chi connectivity index (χ0n) is 8.51. The summed E-state index contributed by atoms with van der Waals surface area (Å²) in [6.07, 6.45) is 4.08. The number of fused-ring (bicyclic) bond motifs is 2. The van der Waals surface area contributed by atoms with Gasteiger partial charge in [0, 0.05) is 6.04 Å². The third kappa shape index (κ3) is 0.891. The molecule has 0 spiro atoms. The highest BCUT2D eigenvalue weighted by Gasteiger charge is 2.55. The first kappa shape index (κ1) is 8.55. The molecule has 3 saturated carbocycles. The fourth-order valence-electron chi connectivity index (χ4n) is 3.40. The van der Waals surface area contributed by atoms with Crippen LogP contribution in [0.1, 0.15) is 40.0 Å². The molecule has 2 N–H and O–H groups in total. The van der Waals surface area contributed by atoms with Crippen molar-refractivity contribution in [3.05, 3.63) is 0 Å². The van der Waals surface area contributed by atoms with Gasteiger partial charge in [-0.2, -0.15) is 0 Å². The molecule has 3 rings (SSSR count). The average Bonchev–Trinajstić information content (AvgIpc) is 2.03. The van der Waals surface area contributed by atoms with Crippen molar-refractivity contribution >= 4 is 0 Å². The van der Waals surface area contributed by atoms with Crippen LogP contribution in [0.25, 0.3) is 0 Å². The van der Waals surface area contributed by atoms with Gasteiger partial charge in [-0.1, -0.05) is 27.2 Å². The predicted molar refractivity (Wildman–Crippen MR) is 51.8 cm³/mol. The number of nitrogens with two attached hydrogens (primary N) is 1. The Balaban J connectivity index is 2.11. The number of hydrogen-bond donors (Lipinski definition) is 1. The summed E-state index contributed by atoms with van der Waals surface area (Å²) in [4.78, 5) is 0. The van der Waals surface area contributed by atoms with Crippen LogP contribution in [-0.4, -0.2) is 6.04 Å². The van der Waals surface area contributed by atoms with E-state index in [1.54, 1.807) is 0 Å². The second kappa shape index (κ2) is 2.47. The van der Waals surface area contributed by atoms with Gasteiger partial charge in [-0.3, -0.25) is 0 Å². The van der Waals surface area contributed by atoms with E-state index in [0.717, 1.165) is 17.8 Å².